The fourth-order valence-electron chi connectivity index (χ4n) is 1.88. The van der Waals surface area contributed by atoms with E-state index in [1.165, 1.54) is 5.56 Å². The van der Waals surface area contributed by atoms with Gasteiger partial charge in [0, 0.05) is 0 Å². The molecule has 116 valence electrons. The number of benzene rings is 2. The lowest BCUT2D eigenvalue weighted by Crippen LogP contribution is -2.28. The number of hydrogen-bond donors (Lipinski definition) is 0. The van der Waals surface area contributed by atoms with Crippen LogP contribution >= 0.6 is 0 Å². The van der Waals surface area contributed by atoms with Crippen LogP contribution in [0.25, 0.3) is 0 Å². The normalized spacial score (nSPS) is 11.6. The second kappa shape index (κ2) is 6.98. The summed E-state index contributed by atoms with van der Waals surface area (Å²) in [6.07, 6.45) is -0.691. The van der Waals surface area contributed by atoms with Crippen LogP contribution in [-0.2, 0) is 4.79 Å². The molecule has 2 aromatic carbocycles. The minimum absolute atomic E-state index is 0.441. The first-order chi connectivity index (χ1) is 10.5. The lowest BCUT2D eigenvalue weighted by atomic mass is 10.1. The Labute approximate surface area is 130 Å². The molecule has 2 aromatic rings. The van der Waals surface area contributed by atoms with Gasteiger partial charge in [0.05, 0.1) is 7.11 Å². The molecule has 0 N–H and O–H groups in total. The summed E-state index contributed by atoms with van der Waals surface area (Å²) >= 11 is 0. The smallest absolute Gasteiger partial charge is 0.352 e. The van der Waals surface area contributed by atoms with E-state index in [2.05, 4.69) is 0 Å². The highest BCUT2D eigenvalue weighted by atomic mass is 16.6. The molecule has 0 bridgehead atoms. The van der Waals surface area contributed by atoms with Crippen molar-refractivity contribution in [3.63, 3.8) is 0 Å². The molecule has 2 rings (SSSR count). The first kappa shape index (κ1) is 15.9. The highest BCUT2D eigenvalue weighted by Crippen LogP contribution is 2.20. The zero-order valence-corrected chi connectivity index (χ0v) is 13.3. The fraction of sp³-hybridized carbons (Fsp3) is 0.278. The lowest BCUT2D eigenvalue weighted by molar-refractivity contribution is -0.141. The van der Waals surface area contributed by atoms with E-state index in [0.717, 1.165) is 5.56 Å². The number of aryl methyl sites for hydroxylation is 2. The predicted molar refractivity (Wildman–Crippen MR) is 84.6 cm³/mol. The molecule has 0 saturated heterocycles. The molecule has 4 nitrogen and oxygen atoms in total. The van der Waals surface area contributed by atoms with Crippen molar-refractivity contribution in [1.29, 1.82) is 0 Å². The number of esters is 1. The molecule has 0 aliphatic carbocycles. The summed E-state index contributed by atoms with van der Waals surface area (Å²) in [6.45, 7) is 5.70. The summed E-state index contributed by atoms with van der Waals surface area (Å²) < 4.78 is 16.0. The van der Waals surface area contributed by atoms with E-state index >= 15 is 0 Å². The molecule has 0 saturated carbocycles. The Bertz CT molecular complexity index is 647. The molecule has 0 radical (unpaired) electrons. The molecule has 0 fully saturated rings. The molecule has 0 spiro atoms. The SMILES string of the molecule is COc1ccc(OC(=O)[C@@H](C)Oc2ccc(C)c(C)c2)cc1. The van der Waals surface area contributed by atoms with Crippen LogP contribution < -0.4 is 14.2 Å². The first-order valence-electron chi connectivity index (χ1n) is 7.09. The fourth-order valence-corrected chi connectivity index (χ4v) is 1.88. The summed E-state index contributed by atoms with van der Waals surface area (Å²) in [6, 6.07) is 12.5. The third-order valence-corrected chi connectivity index (χ3v) is 3.40. The maximum atomic E-state index is 12.0. The Kier molecular flexibility index (Phi) is 5.04. The van der Waals surface area contributed by atoms with Gasteiger partial charge in [0.15, 0.2) is 6.10 Å². The van der Waals surface area contributed by atoms with E-state index < -0.39 is 12.1 Å². The van der Waals surface area contributed by atoms with Crippen molar-refractivity contribution in [3.8, 4) is 17.2 Å². The van der Waals surface area contributed by atoms with Crippen LogP contribution in [0.4, 0.5) is 0 Å². The van der Waals surface area contributed by atoms with Crippen LogP contribution in [0, 0.1) is 13.8 Å². The average Bonchev–Trinajstić information content (AvgIpc) is 2.51. The molecular formula is C18H20O4. The zero-order chi connectivity index (χ0) is 16.1. The van der Waals surface area contributed by atoms with Crippen LogP contribution in [0.1, 0.15) is 18.1 Å². The highest BCUT2D eigenvalue weighted by molar-refractivity contribution is 5.77. The number of ether oxygens (including phenoxy) is 3. The topological polar surface area (TPSA) is 44.8 Å². The third kappa shape index (κ3) is 4.01. The average molecular weight is 300 g/mol. The minimum Gasteiger partial charge on any atom is -0.497 e. The van der Waals surface area contributed by atoms with E-state index in [4.69, 9.17) is 14.2 Å². The highest BCUT2D eigenvalue weighted by Gasteiger charge is 2.17. The number of carbonyl (C=O) groups is 1. The molecular weight excluding hydrogens is 280 g/mol. The summed E-state index contributed by atoms with van der Waals surface area (Å²) in [5.74, 6) is 1.38. The Morgan fingerprint density at radius 1 is 0.909 bits per heavy atom. The summed E-state index contributed by atoms with van der Waals surface area (Å²) in [7, 11) is 1.58. The molecule has 0 aromatic heterocycles. The van der Waals surface area contributed by atoms with Gasteiger partial charge in [-0.1, -0.05) is 6.07 Å². The maximum absolute atomic E-state index is 12.0. The first-order valence-corrected chi connectivity index (χ1v) is 7.09. The Balaban J connectivity index is 1.97. The molecule has 22 heavy (non-hydrogen) atoms. The van der Waals surface area contributed by atoms with Gasteiger partial charge < -0.3 is 14.2 Å². The van der Waals surface area contributed by atoms with Crippen LogP contribution in [0.3, 0.4) is 0 Å². The third-order valence-electron chi connectivity index (χ3n) is 3.40. The van der Waals surface area contributed by atoms with E-state index in [-0.39, 0.29) is 0 Å². The molecule has 0 aliphatic heterocycles. The summed E-state index contributed by atoms with van der Waals surface area (Å²) in [4.78, 5) is 12.0. The van der Waals surface area contributed by atoms with Crippen molar-refractivity contribution in [2.45, 2.75) is 26.9 Å². The molecule has 0 amide bonds. The van der Waals surface area contributed by atoms with Gasteiger partial charge in [-0.05, 0) is 68.3 Å². The van der Waals surface area contributed by atoms with Crippen LogP contribution in [-0.4, -0.2) is 19.2 Å². The van der Waals surface area contributed by atoms with Crippen molar-refractivity contribution in [1.82, 2.24) is 0 Å². The van der Waals surface area contributed by atoms with Crippen molar-refractivity contribution in [2.75, 3.05) is 7.11 Å². The quantitative estimate of drug-likeness (QED) is 0.624. The molecule has 0 aliphatic rings. The molecule has 0 heterocycles. The summed E-state index contributed by atoms with van der Waals surface area (Å²) in [5.41, 5.74) is 2.30. The van der Waals surface area contributed by atoms with Gasteiger partial charge in [0.25, 0.3) is 0 Å². The van der Waals surface area contributed by atoms with E-state index in [1.54, 1.807) is 38.3 Å². The van der Waals surface area contributed by atoms with Crippen LogP contribution in [0.5, 0.6) is 17.2 Å². The number of hydrogen-bond acceptors (Lipinski definition) is 4. The van der Waals surface area contributed by atoms with E-state index in [1.807, 2.05) is 32.0 Å². The summed E-state index contributed by atoms with van der Waals surface area (Å²) in [5, 5.41) is 0. The van der Waals surface area contributed by atoms with Crippen LogP contribution in [0.2, 0.25) is 0 Å². The van der Waals surface area contributed by atoms with E-state index in [9.17, 15) is 4.79 Å². The monoisotopic (exact) mass is 300 g/mol. The van der Waals surface area contributed by atoms with Crippen molar-refractivity contribution in [3.05, 3.63) is 53.6 Å². The van der Waals surface area contributed by atoms with Gasteiger partial charge in [-0.2, -0.15) is 0 Å². The van der Waals surface area contributed by atoms with Gasteiger partial charge in [-0.15, -0.1) is 0 Å². The van der Waals surface area contributed by atoms with Gasteiger partial charge >= 0.3 is 5.97 Å². The largest absolute Gasteiger partial charge is 0.497 e. The second-order valence-corrected chi connectivity index (χ2v) is 5.10. The standard InChI is InChI=1S/C18H20O4/c1-12-5-6-17(11-13(12)2)21-14(3)18(19)22-16-9-7-15(20-4)8-10-16/h5-11,14H,1-4H3/t14-/m1/s1. The Morgan fingerprint density at radius 2 is 1.50 bits per heavy atom. The minimum atomic E-state index is -0.691. The lowest BCUT2D eigenvalue weighted by Gasteiger charge is -2.15. The molecule has 1 atom stereocenters. The number of carbonyl (C=O) groups excluding carboxylic acids is 1. The molecule has 0 unspecified atom stereocenters. The van der Waals surface area contributed by atoms with Gasteiger partial charge in [-0.3, -0.25) is 0 Å². The van der Waals surface area contributed by atoms with Gasteiger partial charge in [0.2, 0.25) is 0 Å². The van der Waals surface area contributed by atoms with Gasteiger partial charge in [0.1, 0.15) is 17.2 Å². The zero-order valence-electron chi connectivity index (χ0n) is 13.3. The predicted octanol–water partition coefficient (Wildman–Crippen LogP) is 3.68. The maximum Gasteiger partial charge on any atom is 0.352 e. The number of rotatable bonds is 5. The van der Waals surface area contributed by atoms with Gasteiger partial charge in [-0.25, -0.2) is 4.79 Å². The molecule has 4 heteroatoms. The van der Waals surface area contributed by atoms with Crippen molar-refractivity contribution in [2.24, 2.45) is 0 Å². The van der Waals surface area contributed by atoms with E-state index in [0.29, 0.717) is 17.2 Å². The Morgan fingerprint density at radius 3 is 2.09 bits per heavy atom. The van der Waals surface area contributed by atoms with Crippen LogP contribution in [0.15, 0.2) is 42.5 Å². The van der Waals surface area contributed by atoms with Crippen molar-refractivity contribution >= 4 is 5.97 Å². The van der Waals surface area contributed by atoms with Crippen molar-refractivity contribution < 1.29 is 19.0 Å². The Hall–Kier alpha value is -2.49. The second-order valence-electron chi connectivity index (χ2n) is 5.10. The number of methoxy groups -OCH3 is 1.